The Morgan fingerprint density at radius 2 is 1.62 bits per heavy atom. The fourth-order valence-electron chi connectivity index (χ4n) is 2.36. The third kappa shape index (κ3) is 4.99. The van der Waals surface area contributed by atoms with Crippen LogP contribution in [-0.2, 0) is 12.8 Å². The van der Waals surface area contributed by atoms with Crippen molar-refractivity contribution in [3.8, 4) is 0 Å². The summed E-state index contributed by atoms with van der Waals surface area (Å²) in [7, 11) is 0. The van der Waals surface area contributed by atoms with E-state index in [1.807, 2.05) is 30.3 Å². The number of likely N-dealkylation sites (N-methyl/N-ethyl adjacent to an activating group) is 1. The Labute approximate surface area is 135 Å². The molecule has 1 unspecified atom stereocenters. The summed E-state index contributed by atoms with van der Waals surface area (Å²) in [5.41, 5.74) is 2.15. The summed E-state index contributed by atoms with van der Waals surface area (Å²) < 4.78 is 13.5. The van der Waals surface area contributed by atoms with E-state index in [2.05, 4.69) is 12.2 Å². The molecule has 1 nitrogen and oxygen atoms in total. The van der Waals surface area contributed by atoms with E-state index < -0.39 is 0 Å². The third-order valence-electron chi connectivity index (χ3n) is 3.35. The van der Waals surface area contributed by atoms with Crippen molar-refractivity contribution in [3.63, 3.8) is 0 Å². The largest absolute Gasteiger partial charge is 0.314 e. The molecule has 112 valence electrons. The Balaban J connectivity index is 2.07. The smallest absolute Gasteiger partial charge is 0.142 e. The van der Waals surface area contributed by atoms with Crippen LogP contribution in [0.2, 0.25) is 10.0 Å². The van der Waals surface area contributed by atoms with Crippen LogP contribution >= 0.6 is 23.2 Å². The van der Waals surface area contributed by atoms with Crippen molar-refractivity contribution >= 4 is 23.2 Å². The monoisotopic (exact) mass is 325 g/mol. The van der Waals surface area contributed by atoms with Gasteiger partial charge in [-0.05, 0) is 54.8 Å². The second kappa shape index (κ2) is 7.79. The highest BCUT2D eigenvalue weighted by atomic mass is 35.5. The number of benzene rings is 2. The maximum absolute atomic E-state index is 13.5. The molecule has 0 saturated heterocycles. The van der Waals surface area contributed by atoms with E-state index in [4.69, 9.17) is 23.2 Å². The van der Waals surface area contributed by atoms with Crippen molar-refractivity contribution < 1.29 is 4.39 Å². The molecule has 21 heavy (non-hydrogen) atoms. The van der Waals surface area contributed by atoms with Gasteiger partial charge in [0, 0.05) is 11.1 Å². The fraction of sp³-hybridized carbons (Fsp3) is 0.294. The predicted molar refractivity (Wildman–Crippen MR) is 87.7 cm³/mol. The van der Waals surface area contributed by atoms with Crippen LogP contribution in [0.25, 0.3) is 0 Å². The lowest BCUT2D eigenvalue weighted by Crippen LogP contribution is -2.33. The summed E-state index contributed by atoms with van der Waals surface area (Å²) in [6, 6.07) is 13.1. The molecule has 0 fully saturated rings. The van der Waals surface area contributed by atoms with E-state index in [0.717, 1.165) is 30.0 Å². The van der Waals surface area contributed by atoms with Crippen molar-refractivity contribution in [2.24, 2.45) is 0 Å². The van der Waals surface area contributed by atoms with Gasteiger partial charge >= 0.3 is 0 Å². The number of hydrogen-bond acceptors (Lipinski definition) is 1. The topological polar surface area (TPSA) is 12.0 Å². The van der Waals surface area contributed by atoms with Gasteiger partial charge in [-0.25, -0.2) is 4.39 Å². The molecule has 0 spiro atoms. The molecule has 2 aromatic carbocycles. The molecular weight excluding hydrogens is 308 g/mol. The molecule has 0 aliphatic carbocycles. The summed E-state index contributed by atoms with van der Waals surface area (Å²) in [6.07, 6.45) is 1.62. The van der Waals surface area contributed by atoms with Gasteiger partial charge in [-0.2, -0.15) is 0 Å². The van der Waals surface area contributed by atoms with E-state index in [-0.39, 0.29) is 16.9 Å². The van der Waals surface area contributed by atoms with Gasteiger partial charge in [0.15, 0.2) is 0 Å². The van der Waals surface area contributed by atoms with Gasteiger partial charge in [0.1, 0.15) is 5.82 Å². The quantitative estimate of drug-likeness (QED) is 0.796. The zero-order valence-corrected chi connectivity index (χ0v) is 13.4. The standard InChI is InChI=1S/C17H18Cl2FN/c1-2-21-15(9-12-3-6-14(18)7-4-12)10-13-5-8-16(19)17(20)11-13/h3-8,11,15,21H,2,9-10H2,1H3. The minimum Gasteiger partial charge on any atom is -0.314 e. The van der Waals surface area contributed by atoms with Gasteiger partial charge in [-0.1, -0.05) is 48.3 Å². The van der Waals surface area contributed by atoms with E-state index in [1.54, 1.807) is 6.07 Å². The first-order chi connectivity index (χ1) is 10.1. The average Bonchev–Trinajstić information content (AvgIpc) is 2.46. The Morgan fingerprint density at radius 1 is 1.00 bits per heavy atom. The number of rotatable bonds is 6. The van der Waals surface area contributed by atoms with Crippen LogP contribution in [0.1, 0.15) is 18.1 Å². The zero-order chi connectivity index (χ0) is 15.2. The molecule has 0 amide bonds. The van der Waals surface area contributed by atoms with Crippen molar-refractivity contribution in [1.29, 1.82) is 0 Å². The van der Waals surface area contributed by atoms with Crippen LogP contribution in [0.15, 0.2) is 42.5 Å². The maximum Gasteiger partial charge on any atom is 0.142 e. The van der Waals surface area contributed by atoms with E-state index in [1.165, 1.54) is 11.6 Å². The molecule has 0 heterocycles. The van der Waals surface area contributed by atoms with Crippen LogP contribution < -0.4 is 5.32 Å². The number of hydrogen-bond donors (Lipinski definition) is 1. The van der Waals surface area contributed by atoms with Crippen LogP contribution in [0.4, 0.5) is 4.39 Å². The average molecular weight is 326 g/mol. The van der Waals surface area contributed by atoms with Gasteiger partial charge < -0.3 is 5.32 Å². The molecule has 1 N–H and O–H groups in total. The molecule has 0 aliphatic heterocycles. The van der Waals surface area contributed by atoms with Gasteiger partial charge in [0.05, 0.1) is 5.02 Å². The lowest BCUT2D eigenvalue weighted by Gasteiger charge is -2.18. The fourth-order valence-corrected chi connectivity index (χ4v) is 2.60. The third-order valence-corrected chi connectivity index (χ3v) is 3.91. The summed E-state index contributed by atoms with van der Waals surface area (Å²) in [5.74, 6) is -0.365. The van der Waals surface area contributed by atoms with Crippen molar-refractivity contribution in [3.05, 3.63) is 69.5 Å². The Bertz CT molecular complexity index is 584. The Kier molecular flexibility index (Phi) is 6.04. The maximum atomic E-state index is 13.5. The van der Waals surface area contributed by atoms with Crippen molar-refractivity contribution in [2.45, 2.75) is 25.8 Å². The number of nitrogens with one attached hydrogen (secondary N) is 1. The molecule has 0 saturated carbocycles. The first-order valence-electron chi connectivity index (χ1n) is 7.00. The molecular formula is C17H18Cl2FN. The van der Waals surface area contributed by atoms with Crippen molar-refractivity contribution in [1.82, 2.24) is 5.32 Å². The summed E-state index contributed by atoms with van der Waals surface area (Å²) >= 11 is 11.6. The Hall–Kier alpha value is -1.09. The second-order valence-electron chi connectivity index (χ2n) is 5.04. The molecule has 2 rings (SSSR count). The van der Waals surface area contributed by atoms with Gasteiger partial charge in [-0.15, -0.1) is 0 Å². The molecule has 0 radical (unpaired) electrons. The first kappa shape index (κ1) is 16.3. The Morgan fingerprint density at radius 3 is 2.24 bits per heavy atom. The second-order valence-corrected chi connectivity index (χ2v) is 5.88. The molecule has 1 atom stereocenters. The van der Waals surface area contributed by atoms with E-state index in [0.29, 0.717) is 0 Å². The van der Waals surface area contributed by atoms with E-state index >= 15 is 0 Å². The molecule has 0 bridgehead atoms. The molecule has 2 aromatic rings. The van der Waals surface area contributed by atoms with Crippen LogP contribution in [0.5, 0.6) is 0 Å². The van der Waals surface area contributed by atoms with Gasteiger partial charge in [-0.3, -0.25) is 0 Å². The lowest BCUT2D eigenvalue weighted by atomic mass is 9.99. The minimum atomic E-state index is -0.365. The number of halogens is 3. The molecule has 0 aliphatic rings. The highest BCUT2D eigenvalue weighted by Gasteiger charge is 2.11. The highest BCUT2D eigenvalue weighted by molar-refractivity contribution is 6.30. The van der Waals surface area contributed by atoms with Crippen LogP contribution in [0, 0.1) is 5.82 Å². The normalized spacial score (nSPS) is 12.4. The van der Waals surface area contributed by atoms with Gasteiger partial charge in [0.2, 0.25) is 0 Å². The van der Waals surface area contributed by atoms with E-state index in [9.17, 15) is 4.39 Å². The van der Waals surface area contributed by atoms with Crippen LogP contribution in [0.3, 0.4) is 0 Å². The summed E-state index contributed by atoms with van der Waals surface area (Å²) in [4.78, 5) is 0. The predicted octanol–water partition coefficient (Wildman–Crippen LogP) is 4.90. The first-order valence-corrected chi connectivity index (χ1v) is 7.76. The van der Waals surface area contributed by atoms with Gasteiger partial charge in [0.25, 0.3) is 0 Å². The summed E-state index contributed by atoms with van der Waals surface area (Å²) in [6.45, 7) is 2.94. The van der Waals surface area contributed by atoms with Crippen molar-refractivity contribution in [2.75, 3.05) is 6.54 Å². The molecule has 0 aromatic heterocycles. The molecule has 4 heteroatoms. The lowest BCUT2D eigenvalue weighted by molar-refractivity contribution is 0.519. The minimum absolute atomic E-state index is 0.163. The summed E-state index contributed by atoms with van der Waals surface area (Å²) in [5, 5.41) is 4.34. The van der Waals surface area contributed by atoms with Crippen LogP contribution in [-0.4, -0.2) is 12.6 Å². The zero-order valence-electron chi connectivity index (χ0n) is 11.9. The highest BCUT2D eigenvalue weighted by Crippen LogP contribution is 2.18. The SMILES string of the molecule is CCNC(Cc1ccc(Cl)cc1)Cc1ccc(Cl)c(F)c1.